The van der Waals surface area contributed by atoms with Crippen molar-refractivity contribution >= 4 is 11.7 Å². The van der Waals surface area contributed by atoms with Gasteiger partial charge in [-0.25, -0.2) is 4.98 Å². The molecule has 0 bridgehead atoms. The molecule has 0 radical (unpaired) electrons. The van der Waals surface area contributed by atoms with Gasteiger partial charge in [-0.3, -0.25) is 9.78 Å². The number of anilines is 1. The summed E-state index contributed by atoms with van der Waals surface area (Å²) in [5, 5.41) is 2.70. The molecule has 0 saturated heterocycles. The Bertz CT molecular complexity index is 534. The van der Waals surface area contributed by atoms with Gasteiger partial charge in [0.2, 0.25) is 0 Å². The van der Waals surface area contributed by atoms with E-state index in [1.54, 1.807) is 30.6 Å². The first-order valence-corrected chi connectivity index (χ1v) is 5.58. The van der Waals surface area contributed by atoms with Crippen LogP contribution in [-0.4, -0.2) is 15.9 Å². The van der Waals surface area contributed by atoms with Crippen molar-refractivity contribution in [2.75, 3.05) is 5.32 Å². The molecule has 0 aliphatic carbocycles. The number of nitrogens with two attached hydrogens (primary N) is 1. The van der Waals surface area contributed by atoms with Gasteiger partial charge in [-0.2, -0.15) is 0 Å². The Morgan fingerprint density at radius 2 is 2.06 bits per heavy atom. The number of amides is 1. The average molecular weight is 242 g/mol. The van der Waals surface area contributed by atoms with Crippen LogP contribution in [0.1, 0.15) is 21.6 Å². The lowest BCUT2D eigenvalue weighted by Crippen LogP contribution is -2.13. The van der Waals surface area contributed by atoms with E-state index in [0.29, 0.717) is 17.9 Å². The van der Waals surface area contributed by atoms with Crippen molar-refractivity contribution in [3.63, 3.8) is 0 Å². The molecule has 2 heterocycles. The van der Waals surface area contributed by atoms with Crippen LogP contribution in [0.4, 0.5) is 5.82 Å². The van der Waals surface area contributed by atoms with Gasteiger partial charge in [-0.15, -0.1) is 0 Å². The van der Waals surface area contributed by atoms with Crippen LogP contribution in [0.25, 0.3) is 0 Å². The Kier molecular flexibility index (Phi) is 3.64. The number of carbonyl (C=O) groups is 1. The van der Waals surface area contributed by atoms with Gasteiger partial charge in [-0.1, -0.05) is 6.07 Å². The Balaban J connectivity index is 2.08. The van der Waals surface area contributed by atoms with Crippen molar-refractivity contribution in [2.45, 2.75) is 13.5 Å². The molecule has 5 nitrogen and oxygen atoms in total. The molecular weight excluding hydrogens is 228 g/mol. The summed E-state index contributed by atoms with van der Waals surface area (Å²) in [5.41, 5.74) is 7.77. The molecule has 2 aromatic heterocycles. The van der Waals surface area contributed by atoms with Crippen LogP contribution < -0.4 is 11.1 Å². The van der Waals surface area contributed by atoms with Crippen LogP contribution in [0.5, 0.6) is 0 Å². The molecule has 5 heteroatoms. The third-order valence-corrected chi connectivity index (χ3v) is 2.48. The summed E-state index contributed by atoms with van der Waals surface area (Å²) >= 11 is 0. The monoisotopic (exact) mass is 242 g/mol. The zero-order valence-corrected chi connectivity index (χ0v) is 10.1. The highest BCUT2D eigenvalue weighted by Crippen LogP contribution is 2.07. The van der Waals surface area contributed by atoms with Gasteiger partial charge < -0.3 is 11.1 Å². The standard InChI is InChI=1S/C13H14N4O/c1-9-2-4-11(8-15-9)13(18)17-12-5-3-10(6-14)7-16-12/h2-5,7-8H,6,14H2,1H3,(H,16,17,18). The highest BCUT2D eigenvalue weighted by Gasteiger charge is 2.06. The Labute approximate surface area is 105 Å². The Morgan fingerprint density at radius 3 is 2.61 bits per heavy atom. The minimum Gasteiger partial charge on any atom is -0.326 e. The lowest BCUT2D eigenvalue weighted by Gasteiger charge is -2.05. The largest absolute Gasteiger partial charge is 0.326 e. The minimum absolute atomic E-state index is 0.226. The quantitative estimate of drug-likeness (QED) is 0.854. The van der Waals surface area contributed by atoms with Crippen molar-refractivity contribution in [2.24, 2.45) is 5.73 Å². The van der Waals surface area contributed by atoms with Crippen LogP contribution in [0.3, 0.4) is 0 Å². The molecule has 0 saturated carbocycles. The van der Waals surface area contributed by atoms with Crippen LogP contribution in [0, 0.1) is 6.92 Å². The van der Waals surface area contributed by atoms with Gasteiger partial charge >= 0.3 is 0 Å². The molecule has 0 fully saturated rings. The number of aryl methyl sites for hydroxylation is 1. The Hall–Kier alpha value is -2.27. The van der Waals surface area contributed by atoms with Crippen LogP contribution in [0.15, 0.2) is 36.7 Å². The van der Waals surface area contributed by atoms with Gasteiger partial charge in [0.15, 0.2) is 0 Å². The molecule has 92 valence electrons. The van der Waals surface area contributed by atoms with E-state index in [0.717, 1.165) is 11.3 Å². The fourth-order valence-corrected chi connectivity index (χ4v) is 1.41. The fourth-order valence-electron chi connectivity index (χ4n) is 1.41. The van der Waals surface area contributed by atoms with Gasteiger partial charge in [0.1, 0.15) is 5.82 Å². The molecular formula is C13H14N4O. The van der Waals surface area contributed by atoms with Gasteiger partial charge in [0, 0.05) is 24.6 Å². The predicted molar refractivity (Wildman–Crippen MR) is 69.1 cm³/mol. The first kappa shape index (κ1) is 12.2. The highest BCUT2D eigenvalue weighted by atomic mass is 16.1. The summed E-state index contributed by atoms with van der Waals surface area (Å²) in [6, 6.07) is 7.07. The Morgan fingerprint density at radius 1 is 1.22 bits per heavy atom. The molecule has 0 aromatic carbocycles. The van der Waals surface area contributed by atoms with Crippen molar-refractivity contribution in [1.29, 1.82) is 0 Å². The number of pyridine rings is 2. The van der Waals surface area contributed by atoms with E-state index in [1.807, 2.05) is 13.0 Å². The molecule has 0 aliphatic rings. The van der Waals surface area contributed by atoms with Gasteiger partial charge in [0.05, 0.1) is 5.56 Å². The molecule has 2 aromatic rings. The summed E-state index contributed by atoms with van der Waals surface area (Å²) < 4.78 is 0. The molecule has 18 heavy (non-hydrogen) atoms. The first-order valence-electron chi connectivity index (χ1n) is 5.58. The second kappa shape index (κ2) is 5.37. The molecule has 3 N–H and O–H groups in total. The number of nitrogens with zero attached hydrogens (tertiary/aromatic N) is 2. The highest BCUT2D eigenvalue weighted by molar-refractivity contribution is 6.03. The van der Waals surface area contributed by atoms with Crippen molar-refractivity contribution in [1.82, 2.24) is 9.97 Å². The average Bonchev–Trinajstić information content (AvgIpc) is 2.40. The van der Waals surface area contributed by atoms with E-state index in [9.17, 15) is 4.79 Å². The summed E-state index contributed by atoms with van der Waals surface area (Å²) in [6.07, 6.45) is 3.18. The van der Waals surface area contributed by atoms with Crippen molar-refractivity contribution < 1.29 is 4.79 Å². The maximum atomic E-state index is 11.9. The smallest absolute Gasteiger partial charge is 0.258 e. The number of aromatic nitrogens is 2. The molecule has 0 unspecified atom stereocenters. The van der Waals surface area contributed by atoms with E-state index >= 15 is 0 Å². The molecule has 0 spiro atoms. The zero-order valence-electron chi connectivity index (χ0n) is 10.1. The first-order chi connectivity index (χ1) is 8.69. The van der Waals surface area contributed by atoms with E-state index in [4.69, 9.17) is 5.73 Å². The lowest BCUT2D eigenvalue weighted by atomic mass is 10.2. The van der Waals surface area contributed by atoms with E-state index in [1.165, 1.54) is 0 Å². The lowest BCUT2D eigenvalue weighted by molar-refractivity contribution is 0.102. The fraction of sp³-hybridized carbons (Fsp3) is 0.154. The maximum Gasteiger partial charge on any atom is 0.258 e. The van der Waals surface area contributed by atoms with Crippen molar-refractivity contribution in [3.05, 3.63) is 53.5 Å². The number of hydrogen-bond acceptors (Lipinski definition) is 4. The number of hydrogen-bond donors (Lipinski definition) is 2. The topological polar surface area (TPSA) is 80.9 Å². The number of rotatable bonds is 3. The minimum atomic E-state index is -0.226. The van der Waals surface area contributed by atoms with Crippen molar-refractivity contribution in [3.8, 4) is 0 Å². The summed E-state index contributed by atoms with van der Waals surface area (Å²) in [7, 11) is 0. The maximum absolute atomic E-state index is 11.9. The van der Waals surface area contributed by atoms with Gasteiger partial charge in [0.25, 0.3) is 5.91 Å². The zero-order chi connectivity index (χ0) is 13.0. The third-order valence-electron chi connectivity index (χ3n) is 2.48. The number of nitrogens with one attached hydrogen (secondary N) is 1. The van der Waals surface area contributed by atoms with Gasteiger partial charge in [-0.05, 0) is 30.7 Å². The summed E-state index contributed by atoms with van der Waals surface area (Å²) in [6.45, 7) is 2.30. The second-order valence-corrected chi connectivity index (χ2v) is 3.90. The normalized spacial score (nSPS) is 10.1. The SMILES string of the molecule is Cc1ccc(C(=O)Nc2ccc(CN)cn2)cn1. The number of carbonyl (C=O) groups excluding carboxylic acids is 1. The van der Waals surface area contributed by atoms with E-state index in [2.05, 4.69) is 15.3 Å². The third kappa shape index (κ3) is 2.89. The van der Waals surface area contributed by atoms with Crippen LogP contribution in [-0.2, 0) is 6.54 Å². The molecule has 1 amide bonds. The van der Waals surface area contributed by atoms with E-state index < -0.39 is 0 Å². The summed E-state index contributed by atoms with van der Waals surface area (Å²) in [5.74, 6) is 0.272. The van der Waals surface area contributed by atoms with Crippen LogP contribution >= 0.6 is 0 Å². The summed E-state index contributed by atoms with van der Waals surface area (Å²) in [4.78, 5) is 20.0. The molecule has 0 aliphatic heterocycles. The van der Waals surface area contributed by atoms with Crippen LogP contribution in [0.2, 0.25) is 0 Å². The molecule has 0 atom stereocenters. The predicted octanol–water partition coefficient (Wildman–Crippen LogP) is 1.50. The van der Waals surface area contributed by atoms with E-state index in [-0.39, 0.29) is 5.91 Å². The second-order valence-electron chi connectivity index (χ2n) is 3.90. The molecule has 2 rings (SSSR count).